The normalized spacial score (nSPS) is 20.1. The smallest absolute Gasteiger partial charge is 0.0948 e. The van der Waals surface area contributed by atoms with Crippen molar-refractivity contribution in [2.75, 3.05) is 29.9 Å². The first-order chi connectivity index (χ1) is 9.08. The SMILES string of the molecule is CC(C)OCC(O)CN1c2ccccc2NCC1C. The highest BCUT2D eigenvalue weighted by atomic mass is 16.5. The van der Waals surface area contributed by atoms with Crippen molar-refractivity contribution >= 4 is 11.4 Å². The standard InChI is InChI=1S/C15H24N2O2/c1-11(2)19-10-13(18)9-17-12(3)8-16-14-6-4-5-7-15(14)17/h4-7,11-13,16,18H,8-10H2,1-3H3. The van der Waals surface area contributed by atoms with Crippen LogP contribution in [0.4, 0.5) is 11.4 Å². The number of fused-ring (bicyclic) bond motifs is 1. The highest BCUT2D eigenvalue weighted by molar-refractivity contribution is 5.72. The van der Waals surface area contributed by atoms with E-state index in [1.54, 1.807) is 0 Å². The van der Waals surface area contributed by atoms with Crippen LogP contribution < -0.4 is 10.2 Å². The lowest BCUT2D eigenvalue weighted by Gasteiger charge is -2.38. The largest absolute Gasteiger partial charge is 0.389 e. The minimum absolute atomic E-state index is 0.155. The van der Waals surface area contributed by atoms with Gasteiger partial charge in [0, 0.05) is 19.1 Å². The Labute approximate surface area is 115 Å². The van der Waals surface area contributed by atoms with Crippen LogP contribution in [0.3, 0.4) is 0 Å². The molecule has 0 saturated heterocycles. The third-order valence-electron chi connectivity index (χ3n) is 3.36. The second-order valence-corrected chi connectivity index (χ2v) is 5.44. The van der Waals surface area contributed by atoms with Crippen LogP contribution in [-0.2, 0) is 4.74 Å². The fourth-order valence-electron chi connectivity index (χ4n) is 2.34. The summed E-state index contributed by atoms with van der Waals surface area (Å²) in [6.07, 6.45) is -0.307. The topological polar surface area (TPSA) is 44.7 Å². The number of benzene rings is 1. The zero-order valence-corrected chi connectivity index (χ0v) is 12.0. The molecule has 0 bridgehead atoms. The molecule has 2 unspecified atom stereocenters. The molecule has 106 valence electrons. The summed E-state index contributed by atoms with van der Waals surface area (Å²) in [7, 11) is 0. The van der Waals surface area contributed by atoms with Crippen molar-refractivity contribution in [1.29, 1.82) is 0 Å². The molecule has 1 aliphatic rings. The van der Waals surface area contributed by atoms with Crippen LogP contribution in [0.25, 0.3) is 0 Å². The van der Waals surface area contributed by atoms with Crippen LogP contribution in [0, 0.1) is 0 Å². The Bertz CT molecular complexity index is 409. The predicted molar refractivity (Wildman–Crippen MR) is 78.8 cm³/mol. The Morgan fingerprint density at radius 2 is 2.16 bits per heavy atom. The maximum atomic E-state index is 10.1. The predicted octanol–water partition coefficient (Wildman–Crippen LogP) is 2.09. The Morgan fingerprint density at radius 1 is 1.42 bits per heavy atom. The van der Waals surface area contributed by atoms with Crippen molar-refractivity contribution in [3.8, 4) is 0 Å². The molecular weight excluding hydrogens is 240 g/mol. The molecule has 0 aliphatic carbocycles. The van der Waals surface area contributed by atoms with Crippen LogP contribution in [-0.4, -0.2) is 43.1 Å². The molecule has 1 aliphatic heterocycles. The van der Waals surface area contributed by atoms with E-state index in [0.29, 0.717) is 19.2 Å². The molecule has 0 aromatic heterocycles. The van der Waals surface area contributed by atoms with Crippen molar-refractivity contribution in [1.82, 2.24) is 0 Å². The van der Waals surface area contributed by atoms with E-state index in [1.165, 1.54) is 0 Å². The molecule has 0 radical (unpaired) electrons. The highest BCUT2D eigenvalue weighted by Gasteiger charge is 2.24. The van der Waals surface area contributed by atoms with Gasteiger partial charge >= 0.3 is 0 Å². The second kappa shape index (κ2) is 6.26. The van der Waals surface area contributed by atoms with Crippen LogP contribution in [0.2, 0.25) is 0 Å². The lowest BCUT2D eigenvalue weighted by molar-refractivity contribution is 0.00840. The van der Waals surface area contributed by atoms with Crippen LogP contribution in [0.15, 0.2) is 24.3 Å². The van der Waals surface area contributed by atoms with E-state index in [4.69, 9.17) is 4.74 Å². The summed E-state index contributed by atoms with van der Waals surface area (Å²) in [5.41, 5.74) is 2.29. The summed E-state index contributed by atoms with van der Waals surface area (Å²) in [5, 5.41) is 13.5. The summed E-state index contributed by atoms with van der Waals surface area (Å²) in [6.45, 7) is 8.02. The number of rotatable bonds is 5. The summed E-state index contributed by atoms with van der Waals surface area (Å²) >= 11 is 0. The Kier molecular flexibility index (Phi) is 4.66. The zero-order chi connectivity index (χ0) is 13.8. The number of hydrogen-bond donors (Lipinski definition) is 2. The van der Waals surface area contributed by atoms with Gasteiger partial charge in [-0.3, -0.25) is 0 Å². The number of nitrogens with zero attached hydrogens (tertiary/aromatic N) is 1. The molecule has 2 N–H and O–H groups in total. The van der Waals surface area contributed by atoms with E-state index in [0.717, 1.165) is 17.9 Å². The number of β-amino-alcohol motifs (C(OH)–C–C–N with tert-alkyl or cyclic N) is 1. The molecule has 0 saturated carbocycles. The molecule has 4 heteroatoms. The average molecular weight is 264 g/mol. The van der Waals surface area contributed by atoms with E-state index >= 15 is 0 Å². The number of nitrogens with one attached hydrogen (secondary N) is 1. The number of aliphatic hydroxyl groups excluding tert-OH is 1. The Balaban J connectivity index is 2.02. The van der Waals surface area contributed by atoms with Gasteiger partial charge in [-0.2, -0.15) is 0 Å². The van der Waals surface area contributed by atoms with Gasteiger partial charge in [0.1, 0.15) is 0 Å². The van der Waals surface area contributed by atoms with Gasteiger partial charge in [0.05, 0.1) is 30.2 Å². The van der Waals surface area contributed by atoms with Crippen molar-refractivity contribution in [2.24, 2.45) is 0 Å². The van der Waals surface area contributed by atoms with Gasteiger partial charge in [0.25, 0.3) is 0 Å². The Hall–Kier alpha value is -1.26. The molecule has 1 aromatic carbocycles. The van der Waals surface area contributed by atoms with Gasteiger partial charge in [-0.05, 0) is 32.9 Å². The van der Waals surface area contributed by atoms with E-state index in [2.05, 4.69) is 29.3 Å². The number of para-hydroxylation sites is 2. The molecule has 0 amide bonds. The molecule has 2 rings (SSSR count). The third-order valence-corrected chi connectivity index (χ3v) is 3.36. The second-order valence-electron chi connectivity index (χ2n) is 5.44. The molecule has 0 fully saturated rings. The van der Waals surface area contributed by atoms with Crippen molar-refractivity contribution in [3.05, 3.63) is 24.3 Å². The monoisotopic (exact) mass is 264 g/mol. The molecule has 2 atom stereocenters. The minimum Gasteiger partial charge on any atom is -0.389 e. The van der Waals surface area contributed by atoms with Crippen molar-refractivity contribution in [2.45, 2.75) is 39.0 Å². The van der Waals surface area contributed by atoms with Gasteiger partial charge in [-0.25, -0.2) is 0 Å². The van der Waals surface area contributed by atoms with Crippen LogP contribution >= 0.6 is 0 Å². The van der Waals surface area contributed by atoms with Crippen LogP contribution in [0.5, 0.6) is 0 Å². The molecular formula is C15H24N2O2. The fraction of sp³-hybridized carbons (Fsp3) is 0.600. The lowest BCUT2D eigenvalue weighted by atomic mass is 10.1. The minimum atomic E-state index is -0.462. The summed E-state index contributed by atoms with van der Waals surface area (Å²) in [6, 6.07) is 8.59. The fourth-order valence-corrected chi connectivity index (χ4v) is 2.34. The van der Waals surface area contributed by atoms with E-state index in [-0.39, 0.29) is 6.10 Å². The summed E-state index contributed by atoms with van der Waals surface area (Å²) < 4.78 is 5.48. The maximum Gasteiger partial charge on any atom is 0.0948 e. The van der Waals surface area contributed by atoms with Crippen molar-refractivity contribution < 1.29 is 9.84 Å². The first kappa shape index (κ1) is 14.2. The number of aliphatic hydroxyl groups is 1. The summed E-state index contributed by atoms with van der Waals surface area (Å²) in [5.74, 6) is 0. The molecule has 4 nitrogen and oxygen atoms in total. The maximum absolute atomic E-state index is 10.1. The third kappa shape index (κ3) is 3.61. The van der Waals surface area contributed by atoms with E-state index in [9.17, 15) is 5.11 Å². The molecule has 1 heterocycles. The molecule has 0 spiro atoms. The molecule has 19 heavy (non-hydrogen) atoms. The number of ether oxygens (including phenoxy) is 1. The summed E-state index contributed by atoms with van der Waals surface area (Å²) in [4.78, 5) is 2.25. The van der Waals surface area contributed by atoms with Crippen molar-refractivity contribution in [3.63, 3.8) is 0 Å². The van der Waals surface area contributed by atoms with Crippen LogP contribution in [0.1, 0.15) is 20.8 Å². The Morgan fingerprint density at radius 3 is 2.89 bits per heavy atom. The number of hydrogen-bond acceptors (Lipinski definition) is 4. The lowest BCUT2D eigenvalue weighted by Crippen LogP contribution is -2.46. The van der Waals surface area contributed by atoms with E-state index < -0.39 is 6.10 Å². The molecule has 1 aromatic rings. The number of anilines is 2. The van der Waals surface area contributed by atoms with Gasteiger partial charge in [0.15, 0.2) is 0 Å². The zero-order valence-electron chi connectivity index (χ0n) is 12.0. The van der Waals surface area contributed by atoms with E-state index in [1.807, 2.05) is 26.0 Å². The first-order valence-electron chi connectivity index (χ1n) is 6.97. The first-order valence-corrected chi connectivity index (χ1v) is 6.97. The van der Waals surface area contributed by atoms with Gasteiger partial charge in [-0.1, -0.05) is 12.1 Å². The van der Waals surface area contributed by atoms with Gasteiger partial charge in [0.2, 0.25) is 0 Å². The highest BCUT2D eigenvalue weighted by Crippen LogP contribution is 2.30. The van der Waals surface area contributed by atoms with Gasteiger partial charge < -0.3 is 20.1 Å². The van der Waals surface area contributed by atoms with Gasteiger partial charge in [-0.15, -0.1) is 0 Å². The quantitative estimate of drug-likeness (QED) is 0.855. The average Bonchev–Trinajstić information content (AvgIpc) is 2.40.